The zero-order valence-corrected chi connectivity index (χ0v) is 15.3. The number of piperazine rings is 1. The summed E-state index contributed by atoms with van der Waals surface area (Å²) < 4.78 is 0. The second-order valence-electron chi connectivity index (χ2n) is 8.18. The van der Waals surface area contributed by atoms with Crippen LogP contribution in [0.25, 0.3) is 0 Å². The van der Waals surface area contributed by atoms with Gasteiger partial charge in [0.05, 0.1) is 6.54 Å². The van der Waals surface area contributed by atoms with Gasteiger partial charge in [-0.1, -0.05) is 68.9 Å². The SMILES string of the molecule is O=C1N(Cc2ccccc2)C(=O)C2(CCCCC2)N(O)C12CCCCC2. The first kappa shape index (κ1) is 17.7. The van der Waals surface area contributed by atoms with Gasteiger partial charge in [-0.05, 0) is 31.2 Å². The third-order valence-electron chi connectivity index (χ3n) is 6.64. The molecule has 2 amide bonds. The highest BCUT2D eigenvalue weighted by Gasteiger charge is 2.63. The van der Waals surface area contributed by atoms with Crippen LogP contribution >= 0.6 is 0 Å². The van der Waals surface area contributed by atoms with E-state index in [-0.39, 0.29) is 11.8 Å². The van der Waals surface area contributed by atoms with Gasteiger partial charge in [-0.25, -0.2) is 0 Å². The zero-order chi connectivity index (χ0) is 18.2. The van der Waals surface area contributed by atoms with Gasteiger partial charge in [0, 0.05) is 0 Å². The molecule has 1 aliphatic heterocycles. The maximum atomic E-state index is 13.5. The van der Waals surface area contributed by atoms with Crippen LogP contribution in [0.2, 0.25) is 0 Å². The predicted molar refractivity (Wildman–Crippen MR) is 97.3 cm³/mol. The second kappa shape index (κ2) is 6.78. The van der Waals surface area contributed by atoms with Crippen LogP contribution < -0.4 is 0 Å². The lowest BCUT2D eigenvalue weighted by molar-refractivity contribution is -0.267. The Labute approximate surface area is 154 Å². The normalized spacial score (nSPS) is 25.8. The maximum Gasteiger partial charge on any atom is 0.252 e. The summed E-state index contributed by atoms with van der Waals surface area (Å²) in [5.41, 5.74) is -0.881. The molecular formula is C21H28N2O3. The van der Waals surface area contributed by atoms with Gasteiger partial charge in [0.25, 0.3) is 11.8 Å². The molecule has 5 heteroatoms. The minimum absolute atomic E-state index is 0.204. The Bertz CT molecular complexity index is 638. The number of imide groups is 1. The first-order chi connectivity index (χ1) is 12.6. The van der Waals surface area contributed by atoms with Crippen LogP contribution in [0.3, 0.4) is 0 Å². The molecule has 0 unspecified atom stereocenters. The van der Waals surface area contributed by atoms with E-state index >= 15 is 0 Å². The van der Waals surface area contributed by atoms with Crippen molar-refractivity contribution in [3.8, 4) is 0 Å². The van der Waals surface area contributed by atoms with Crippen molar-refractivity contribution in [1.29, 1.82) is 0 Å². The second-order valence-corrected chi connectivity index (χ2v) is 8.18. The van der Waals surface area contributed by atoms with Crippen molar-refractivity contribution in [1.82, 2.24) is 9.96 Å². The monoisotopic (exact) mass is 356 g/mol. The largest absolute Gasteiger partial charge is 0.312 e. The van der Waals surface area contributed by atoms with E-state index in [1.54, 1.807) is 0 Å². The number of rotatable bonds is 2. The molecule has 1 saturated heterocycles. The quantitative estimate of drug-likeness (QED) is 0.822. The van der Waals surface area contributed by atoms with E-state index in [1.165, 1.54) is 9.96 Å². The fourth-order valence-electron chi connectivity index (χ4n) is 5.22. The number of hydrogen-bond donors (Lipinski definition) is 1. The van der Waals surface area contributed by atoms with Gasteiger partial charge in [-0.15, -0.1) is 0 Å². The molecule has 140 valence electrons. The van der Waals surface area contributed by atoms with Gasteiger partial charge in [0.15, 0.2) is 0 Å². The Hall–Kier alpha value is -1.72. The lowest BCUT2D eigenvalue weighted by atomic mass is 9.70. The molecule has 1 aromatic carbocycles. The first-order valence-corrected chi connectivity index (χ1v) is 10.00. The van der Waals surface area contributed by atoms with Crippen LogP contribution in [0.15, 0.2) is 30.3 Å². The number of carbonyl (C=O) groups is 2. The van der Waals surface area contributed by atoms with Gasteiger partial charge in [-0.3, -0.25) is 14.5 Å². The molecule has 1 heterocycles. The van der Waals surface area contributed by atoms with E-state index in [0.717, 1.165) is 44.1 Å². The first-order valence-electron chi connectivity index (χ1n) is 10.00. The van der Waals surface area contributed by atoms with Crippen molar-refractivity contribution >= 4 is 11.8 Å². The smallest absolute Gasteiger partial charge is 0.252 e. The summed E-state index contributed by atoms with van der Waals surface area (Å²) in [6, 6.07) is 9.70. The molecule has 0 bridgehead atoms. The van der Waals surface area contributed by atoms with Crippen LogP contribution in [0.5, 0.6) is 0 Å². The van der Waals surface area contributed by atoms with Crippen LogP contribution in [-0.4, -0.2) is 38.1 Å². The van der Waals surface area contributed by atoms with Gasteiger partial charge < -0.3 is 5.21 Å². The Kier molecular flexibility index (Phi) is 4.61. The third-order valence-corrected chi connectivity index (χ3v) is 6.64. The summed E-state index contributed by atoms with van der Waals surface area (Å²) in [6.07, 6.45) is 8.43. The summed E-state index contributed by atoms with van der Waals surface area (Å²) in [5, 5.41) is 12.5. The summed E-state index contributed by atoms with van der Waals surface area (Å²) in [5.74, 6) is -0.408. The van der Waals surface area contributed by atoms with Crippen LogP contribution in [0.1, 0.15) is 69.8 Å². The standard InChI is InChI=1S/C21H28N2O3/c24-18-20(12-6-2-7-13-20)23(26)21(14-8-3-9-15-21)19(25)22(18)16-17-10-4-1-5-11-17/h1,4-5,10-11,26H,2-3,6-9,12-16H2. The van der Waals surface area contributed by atoms with Crippen molar-refractivity contribution in [2.45, 2.75) is 81.8 Å². The average Bonchev–Trinajstić information content (AvgIpc) is 2.71. The molecule has 4 rings (SSSR count). The molecule has 1 aromatic rings. The van der Waals surface area contributed by atoms with E-state index in [4.69, 9.17) is 0 Å². The van der Waals surface area contributed by atoms with Gasteiger partial charge >= 0.3 is 0 Å². The molecule has 3 fully saturated rings. The van der Waals surface area contributed by atoms with E-state index in [9.17, 15) is 14.8 Å². The van der Waals surface area contributed by atoms with Gasteiger partial charge in [0.1, 0.15) is 11.1 Å². The van der Waals surface area contributed by atoms with Crippen molar-refractivity contribution < 1.29 is 14.8 Å². The van der Waals surface area contributed by atoms with Crippen LogP contribution in [0.4, 0.5) is 0 Å². The molecule has 26 heavy (non-hydrogen) atoms. The summed E-state index contributed by atoms with van der Waals surface area (Å²) in [4.78, 5) is 28.4. The summed E-state index contributed by atoms with van der Waals surface area (Å²) in [6.45, 7) is 0.301. The van der Waals surface area contributed by atoms with Gasteiger partial charge in [-0.2, -0.15) is 5.06 Å². The maximum absolute atomic E-state index is 13.5. The number of hydrogen-bond acceptors (Lipinski definition) is 4. The Morgan fingerprint density at radius 3 is 1.69 bits per heavy atom. The number of benzene rings is 1. The molecule has 5 nitrogen and oxygen atoms in total. The van der Waals surface area contributed by atoms with Crippen molar-refractivity contribution in [2.24, 2.45) is 0 Å². The molecule has 0 radical (unpaired) electrons. The molecule has 2 saturated carbocycles. The molecule has 2 aliphatic carbocycles. The lowest BCUT2D eigenvalue weighted by Crippen LogP contribution is -2.76. The Balaban J connectivity index is 1.75. The van der Waals surface area contributed by atoms with E-state index in [0.29, 0.717) is 32.2 Å². The van der Waals surface area contributed by atoms with Crippen LogP contribution in [0, 0.1) is 0 Å². The van der Waals surface area contributed by atoms with E-state index in [2.05, 4.69) is 0 Å². The van der Waals surface area contributed by atoms with E-state index < -0.39 is 11.1 Å². The highest BCUT2D eigenvalue weighted by atomic mass is 16.5. The number of carbonyl (C=O) groups excluding carboxylic acids is 2. The van der Waals surface area contributed by atoms with Crippen molar-refractivity contribution in [2.75, 3.05) is 0 Å². The third kappa shape index (κ3) is 2.60. The summed E-state index contributed by atoms with van der Waals surface area (Å²) >= 11 is 0. The van der Waals surface area contributed by atoms with E-state index in [1.807, 2.05) is 30.3 Å². The molecule has 3 aliphatic rings. The van der Waals surface area contributed by atoms with Gasteiger partial charge in [0.2, 0.25) is 0 Å². The predicted octanol–water partition coefficient (Wildman–Crippen LogP) is 3.65. The zero-order valence-electron chi connectivity index (χ0n) is 15.3. The topological polar surface area (TPSA) is 60.9 Å². The number of nitrogens with zero attached hydrogens (tertiary/aromatic N) is 2. The van der Waals surface area contributed by atoms with Crippen molar-refractivity contribution in [3.05, 3.63) is 35.9 Å². The fourth-order valence-corrected chi connectivity index (χ4v) is 5.22. The Morgan fingerprint density at radius 1 is 0.769 bits per heavy atom. The highest BCUT2D eigenvalue weighted by Crippen LogP contribution is 2.47. The molecule has 0 atom stereocenters. The number of hydroxylamine groups is 2. The number of amides is 2. The summed E-state index contributed by atoms with van der Waals surface area (Å²) in [7, 11) is 0. The minimum Gasteiger partial charge on any atom is -0.312 e. The van der Waals surface area contributed by atoms with Crippen molar-refractivity contribution in [3.63, 3.8) is 0 Å². The minimum atomic E-state index is -0.918. The Morgan fingerprint density at radius 2 is 1.23 bits per heavy atom. The fraction of sp³-hybridized carbons (Fsp3) is 0.619. The molecule has 1 N–H and O–H groups in total. The molecule has 0 aromatic heterocycles. The average molecular weight is 356 g/mol. The molecule has 2 spiro atoms. The highest BCUT2D eigenvalue weighted by molar-refractivity contribution is 6.06. The molecular weight excluding hydrogens is 328 g/mol. The lowest BCUT2D eigenvalue weighted by Gasteiger charge is -2.57. The van der Waals surface area contributed by atoms with Crippen LogP contribution in [-0.2, 0) is 16.1 Å².